The van der Waals surface area contributed by atoms with Gasteiger partial charge in [-0.25, -0.2) is 0 Å². The zero-order valence-corrected chi connectivity index (χ0v) is 14.0. The van der Waals surface area contributed by atoms with E-state index in [1.54, 1.807) is 0 Å². The minimum atomic E-state index is -1.28. The van der Waals surface area contributed by atoms with Gasteiger partial charge in [0.15, 0.2) is 5.41 Å². The second-order valence-corrected chi connectivity index (χ2v) is 5.70. The summed E-state index contributed by atoms with van der Waals surface area (Å²) in [6.07, 6.45) is 2.56. The molecule has 0 saturated heterocycles. The van der Waals surface area contributed by atoms with Crippen molar-refractivity contribution in [2.45, 2.75) is 26.7 Å². The summed E-state index contributed by atoms with van der Waals surface area (Å²) in [6.45, 7) is 3.93. The third-order valence-corrected chi connectivity index (χ3v) is 4.52. The molecule has 4 heteroatoms. The lowest BCUT2D eigenvalue weighted by Gasteiger charge is -2.22. The topological polar surface area (TPSA) is 52.6 Å². The Morgan fingerprint density at radius 3 is 2.09 bits per heavy atom. The maximum absolute atomic E-state index is 12.3. The van der Waals surface area contributed by atoms with Gasteiger partial charge in [0.05, 0.1) is 14.2 Å². The van der Waals surface area contributed by atoms with Gasteiger partial charge in [0.25, 0.3) is 0 Å². The quantitative estimate of drug-likeness (QED) is 0.632. The highest BCUT2D eigenvalue weighted by atomic mass is 16.5. The van der Waals surface area contributed by atoms with Gasteiger partial charge < -0.3 is 9.47 Å². The van der Waals surface area contributed by atoms with E-state index in [9.17, 15) is 9.59 Å². The van der Waals surface area contributed by atoms with E-state index in [4.69, 9.17) is 9.47 Å². The first kappa shape index (κ1) is 17.0. The molecule has 0 spiro atoms. The third kappa shape index (κ3) is 2.93. The van der Waals surface area contributed by atoms with Crippen molar-refractivity contribution in [1.29, 1.82) is 0 Å². The molecule has 0 radical (unpaired) electrons. The summed E-state index contributed by atoms with van der Waals surface area (Å²) in [6, 6.07) is 9.94. The maximum Gasteiger partial charge on any atom is 0.323 e. The summed E-state index contributed by atoms with van der Waals surface area (Å²) < 4.78 is 9.80. The summed E-state index contributed by atoms with van der Waals surface area (Å²) in [5.74, 6) is -1.08. The molecule has 0 N–H and O–H groups in total. The van der Waals surface area contributed by atoms with Crippen LogP contribution in [0.5, 0.6) is 0 Å². The fourth-order valence-corrected chi connectivity index (χ4v) is 3.18. The number of carbonyl (C=O) groups excluding carboxylic acids is 2. The molecule has 1 saturated carbocycles. The summed E-state index contributed by atoms with van der Waals surface area (Å²) in [7, 11) is 2.60. The predicted octanol–water partition coefficient (Wildman–Crippen LogP) is 3.53. The van der Waals surface area contributed by atoms with Crippen LogP contribution in [-0.4, -0.2) is 26.2 Å². The molecule has 1 fully saturated rings. The number of esters is 2. The first-order valence-electron chi connectivity index (χ1n) is 7.57. The van der Waals surface area contributed by atoms with Crippen LogP contribution in [0.3, 0.4) is 0 Å². The fraction of sp³-hybridized carbons (Fsp3) is 0.368. The van der Waals surface area contributed by atoms with Crippen molar-refractivity contribution in [3.63, 3.8) is 0 Å². The molecule has 1 aliphatic carbocycles. The lowest BCUT2D eigenvalue weighted by molar-refractivity contribution is -0.168. The van der Waals surface area contributed by atoms with Crippen molar-refractivity contribution in [3.8, 4) is 0 Å². The third-order valence-electron chi connectivity index (χ3n) is 4.52. The predicted molar refractivity (Wildman–Crippen MR) is 88.5 cm³/mol. The highest BCUT2D eigenvalue weighted by Gasteiger charge is 2.54. The molecule has 0 aromatic heterocycles. The van der Waals surface area contributed by atoms with Crippen molar-refractivity contribution >= 4 is 17.5 Å². The molecule has 1 aromatic carbocycles. The molecule has 0 atom stereocenters. The van der Waals surface area contributed by atoms with Crippen LogP contribution >= 0.6 is 0 Å². The van der Waals surface area contributed by atoms with Crippen molar-refractivity contribution in [1.82, 2.24) is 0 Å². The second-order valence-electron chi connectivity index (χ2n) is 5.70. The van der Waals surface area contributed by atoms with Gasteiger partial charge in [-0.05, 0) is 42.6 Å². The first-order valence-corrected chi connectivity index (χ1v) is 7.57. The highest BCUT2D eigenvalue weighted by Crippen LogP contribution is 2.49. The van der Waals surface area contributed by atoms with Gasteiger partial charge in [-0.3, -0.25) is 9.59 Å². The summed E-state index contributed by atoms with van der Waals surface area (Å²) in [5, 5.41) is 0. The molecule has 0 unspecified atom stereocenters. The molecule has 0 heterocycles. The molecule has 4 nitrogen and oxygen atoms in total. The second kappa shape index (κ2) is 6.82. The number of hydrogen-bond donors (Lipinski definition) is 0. The van der Waals surface area contributed by atoms with Crippen LogP contribution in [-0.2, 0) is 19.1 Å². The zero-order valence-electron chi connectivity index (χ0n) is 14.0. The smallest absolute Gasteiger partial charge is 0.323 e. The SMILES string of the molecule is C/C=C1\CC(C(=O)OC)(C(=O)OC)C\C1=C(/C)c1ccccc1. The number of carbonyl (C=O) groups is 2. The Balaban J connectivity index is 2.56. The van der Waals surface area contributed by atoms with Crippen molar-refractivity contribution < 1.29 is 19.1 Å². The average Bonchev–Trinajstić information content (AvgIpc) is 3.01. The van der Waals surface area contributed by atoms with Crippen LogP contribution < -0.4 is 0 Å². The molecule has 0 bridgehead atoms. The number of ether oxygens (including phenoxy) is 2. The fourth-order valence-electron chi connectivity index (χ4n) is 3.18. The summed E-state index contributed by atoms with van der Waals surface area (Å²) >= 11 is 0. The van der Waals surface area contributed by atoms with Crippen LogP contribution in [0.4, 0.5) is 0 Å². The minimum absolute atomic E-state index is 0.298. The molecule has 122 valence electrons. The van der Waals surface area contributed by atoms with Crippen molar-refractivity contribution in [3.05, 3.63) is 53.1 Å². The number of allylic oxidation sites excluding steroid dienone is 4. The summed E-state index contributed by atoms with van der Waals surface area (Å²) in [4.78, 5) is 24.7. The average molecular weight is 314 g/mol. The molecule has 23 heavy (non-hydrogen) atoms. The lowest BCUT2D eigenvalue weighted by Crippen LogP contribution is -2.38. The van der Waals surface area contributed by atoms with E-state index in [1.165, 1.54) is 14.2 Å². The Kier molecular flexibility index (Phi) is 5.04. The van der Waals surface area contributed by atoms with Crippen LogP contribution in [0, 0.1) is 5.41 Å². The van der Waals surface area contributed by atoms with Crippen molar-refractivity contribution in [2.24, 2.45) is 5.41 Å². The van der Waals surface area contributed by atoms with E-state index in [0.29, 0.717) is 12.8 Å². The Labute approximate surface area is 136 Å². The van der Waals surface area contributed by atoms with E-state index in [1.807, 2.05) is 50.3 Å². The van der Waals surface area contributed by atoms with E-state index in [0.717, 1.165) is 22.3 Å². The largest absolute Gasteiger partial charge is 0.468 e. The van der Waals surface area contributed by atoms with Gasteiger partial charge in [-0.1, -0.05) is 36.4 Å². The molecule has 1 aromatic rings. The van der Waals surface area contributed by atoms with E-state index < -0.39 is 17.4 Å². The van der Waals surface area contributed by atoms with Gasteiger partial charge in [0, 0.05) is 6.42 Å². The van der Waals surface area contributed by atoms with Gasteiger partial charge in [0.2, 0.25) is 0 Å². The van der Waals surface area contributed by atoms with Crippen LogP contribution in [0.2, 0.25) is 0 Å². The van der Waals surface area contributed by atoms with Crippen LogP contribution in [0.15, 0.2) is 47.6 Å². The van der Waals surface area contributed by atoms with Gasteiger partial charge in [-0.15, -0.1) is 0 Å². The highest BCUT2D eigenvalue weighted by molar-refractivity contribution is 6.02. The number of hydrogen-bond acceptors (Lipinski definition) is 4. The zero-order chi connectivity index (χ0) is 17.0. The van der Waals surface area contributed by atoms with E-state index >= 15 is 0 Å². The molecular weight excluding hydrogens is 292 g/mol. The molecule has 1 aliphatic rings. The van der Waals surface area contributed by atoms with Crippen LogP contribution in [0.25, 0.3) is 5.57 Å². The van der Waals surface area contributed by atoms with Gasteiger partial charge in [0.1, 0.15) is 0 Å². The molecule has 2 rings (SSSR count). The number of rotatable bonds is 3. The molecule has 0 aliphatic heterocycles. The van der Waals surface area contributed by atoms with E-state index in [-0.39, 0.29) is 0 Å². The monoisotopic (exact) mass is 314 g/mol. The Morgan fingerprint density at radius 2 is 1.61 bits per heavy atom. The Hall–Kier alpha value is -2.36. The van der Waals surface area contributed by atoms with E-state index in [2.05, 4.69) is 0 Å². The normalized spacial score (nSPS) is 20.3. The van der Waals surface area contributed by atoms with Crippen LogP contribution in [0.1, 0.15) is 32.3 Å². The Morgan fingerprint density at radius 1 is 1.04 bits per heavy atom. The first-order chi connectivity index (χ1) is 11.0. The van der Waals surface area contributed by atoms with Gasteiger partial charge >= 0.3 is 11.9 Å². The number of benzene rings is 1. The minimum Gasteiger partial charge on any atom is -0.468 e. The number of methoxy groups -OCH3 is 2. The molecular formula is C19H22O4. The summed E-state index contributed by atoms with van der Waals surface area (Å²) in [5.41, 5.74) is 2.86. The maximum atomic E-state index is 12.3. The molecule has 0 amide bonds. The lowest BCUT2D eigenvalue weighted by atomic mass is 9.85. The standard InChI is InChI=1S/C19H22O4/c1-5-14-11-19(17(20)22-3,18(21)23-4)12-16(14)13(2)15-9-7-6-8-10-15/h5-10H,11-12H2,1-4H3/b14-5+,16-13-. The Bertz CT molecular complexity index is 652. The van der Waals surface area contributed by atoms with Gasteiger partial charge in [-0.2, -0.15) is 0 Å². The van der Waals surface area contributed by atoms with Crippen molar-refractivity contribution in [2.75, 3.05) is 14.2 Å².